The lowest BCUT2D eigenvalue weighted by atomic mass is 10.0. The van der Waals surface area contributed by atoms with E-state index < -0.39 is 32.2 Å². The molecule has 1 aliphatic rings. The molecular weight excluding hydrogens is 440 g/mol. The van der Waals surface area contributed by atoms with Crippen molar-refractivity contribution in [3.05, 3.63) is 23.8 Å². The summed E-state index contributed by atoms with van der Waals surface area (Å²) >= 11 is 0. The molecule has 0 unspecified atom stereocenters. The van der Waals surface area contributed by atoms with Crippen LogP contribution < -0.4 is 4.74 Å². The average molecular weight is 473 g/mol. The Morgan fingerprint density at radius 1 is 1.32 bits per heavy atom. The van der Waals surface area contributed by atoms with E-state index in [0.29, 0.717) is 5.56 Å². The fourth-order valence-corrected chi connectivity index (χ4v) is 5.38. The van der Waals surface area contributed by atoms with Crippen LogP contribution in [0.25, 0.3) is 0 Å². The van der Waals surface area contributed by atoms with E-state index in [2.05, 4.69) is 11.8 Å². The molecule has 10 heteroatoms. The van der Waals surface area contributed by atoms with Crippen LogP contribution in [-0.2, 0) is 20.0 Å². The van der Waals surface area contributed by atoms with Crippen molar-refractivity contribution in [3.63, 3.8) is 0 Å². The lowest BCUT2D eigenvalue weighted by Gasteiger charge is -2.37. The molecule has 1 aliphatic heterocycles. The first-order valence-corrected chi connectivity index (χ1v) is 13.4. The van der Waals surface area contributed by atoms with Gasteiger partial charge in [-0.05, 0) is 25.1 Å². The van der Waals surface area contributed by atoms with E-state index in [9.17, 15) is 21.9 Å². The van der Waals surface area contributed by atoms with Gasteiger partial charge in [0.05, 0.1) is 19.4 Å². The normalized spacial score (nSPS) is 22.6. The third-order valence-corrected chi connectivity index (χ3v) is 8.48. The van der Waals surface area contributed by atoms with Crippen LogP contribution in [0.5, 0.6) is 5.75 Å². The molecule has 0 bridgehead atoms. The van der Waals surface area contributed by atoms with Gasteiger partial charge in [0.15, 0.2) is 0 Å². The Kier molecular flexibility index (Phi) is 8.16. The highest BCUT2D eigenvalue weighted by Crippen LogP contribution is 2.34. The van der Waals surface area contributed by atoms with E-state index in [-0.39, 0.29) is 42.2 Å². The van der Waals surface area contributed by atoms with Crippen LogP contribution in [0, 0.1) is 23.7 Å². The van der Waals surface area contributed by atoms with E-state index in [4.69, 9.17) is 4.74 Å². The molecule has 31 heavy (non-hydrogen) atoms. The molecule has 0 spiro atoms. The molecule has 0 aromatic heterocycles. The van der Waals surface area contributed by atoms with E-state index >= 15 is 0 Å². The Labute approximate surface area is 186 Å². The summed E-state index contributed by atoms with van der Waals surface area (Å²) in [4.78, 5) is -0.0261. The molecule has 0 aliphatic carbocycles. The van der Waals surface area contributed by atoms with Gasteiger partial charge in [-0.15, -0.1) is 0 Å². The maximum absolute atomic E-state index is 13.4. The lowest BCUT2D eigenvalue weighted by molar-refractivity contribution is 0.0905. The van der Waals surface area contributed by atoms with Crippen molar-refractivity contribution >= 4 is 20.0 Å². The Balaban J connectivity index is 2.62. The lowest BCUT2D eigenvalue weighted by Crippen LogP contribution is -2.50. The van der Waals surface area contributed by atoms with Crippen molar-refractivity contribution in [2.24, 2.45) is 11.8 Å². The van der Waals surface area contributed by atoms with Gasteiger partial charge in [0, 0.05) is 37.0 Å². The summed E-state index contributed by atoms with van der Waals surface area (Å²) in [6.07, 6.45) is 0.509. The van der Waals surface area contributed by atoms with Crippen LogP contribution in [0.1, 0.15) is 33.3 Å². The SMILES string of the molecule is CC(C)C#Cc1ccc2c(c1)O[C@H](CN(C)S(C)(=O)=O)[C@H](C)CN([C@@H](C)CO)S2(=O)=O. The fourth-order valence-electron chi connectivity index (χ4n) is 3.14. The smallest absolute Gasteiger partial charge is 0.247 e. The first-order valence-electron chi connectivity index (χ1n) is 10.1. The molecule has 174 valence electrons. The summed E-state index contributed by atoms with van der Waals surface area (Å²) in [7, 11) is -5.94. The Morgan fingerprint density at radius 2 is 1.97 bits per heavy atom. The number of likely N-dealkylation sites (N-methyl/N-ethyl adjacent to an activating group) is 1. The van der Waals surface area contributed by atoms with Crippen molar-refractivity contribution in [1.29, 1.82) is 0 Å². The predicted molar refractivity (Wildman–Crippen MR) is 120 cm³/mol. The van der Waals surface area contributed by atoms with E-state index in [0.717, 1.165) is 6.26 Å². The monoisotopic (exact) mass is 472 g/mol. The van der Waals surface area contributed by atoms with Crippen LogP contribution >= 0.6 is 0 Å². The van der Waals surface area contributed by atoms with E-state index in [1.54, 1.807) is 26.0 Å². The molecule has 1 aromatic rings. The maximum Gasteiger partial charge on any atom is 0.247 e. The largest absolute Gasteiger partial charge is 0.487 e. The minimum absolute atomic E-state index is 0.0261. The Morgan fingerprint density at radius 3 is 2.52 bits per heavy atom. The minimum Gasteiger partial charge on any atom is -0.487 e. The number of hydrogen-bond acceptors (Lipinski definition) is 6. The molecule has 0 fully saturated rings. The standard InChI is InChI=1S/C21H32N2O6S2/c1-15(2)7-8-18-9-10-21-19(11-18)29-20(13-22(5)30(6,25)26)16(3)12-23(17(4)14-24)31(21,27)28/h9-11,15-17,20,24H,12-14H2,1-6H3/t16-,17+,20-/m1/s1. The van der Waals surface area contributed by atoms with Gasteiger partial charge in [0.1, 0.15) is 16.7 Å². The maximum atomic E-state index is 13.4. The van der Waals surface area contributed by atoms with Gasteiger partial charge in [-0.3, -0.25) is 0 Å². The number of rotatable bonds is 5. The first kappa shape index (κ1) is 25.6. The highest BCUT2D eigenvalue weighted by molar-refractivity contribution is 7.89. The quantitative estimate of drug-likeness (QED) is 0.649. The zero-order valence-corrected chi connectivity index (χ0v) is 20.5. The highest BCUT2D eigenvalue weighted by atomic mass is 32.2. The van der Waals surface area contributed by atoms with Crippen molar-refractivity contribution in [3.8, 4) is 17.6 Å². The number of benzene rings is 1. The number of ether oxygens (including phenoxy) is 1. The van der Waals surface area contributed by atoms with Crippen molar-refractivity contribution in [2.45, 2.75) is 44.7 Å². The zero-order valence-electron chi connectivity index (χ0n) is 18.9. The van der Waals surface area contributed by atoms with Gasteiger partial charge in [-0.1, -0.05) is 32.6 Å². The van der Waals surface area contributed by atoms with Crippen LogP contribution in [0.2, 0.25) is 0 Å². The highest BCUT2D eigenvalue weighted by Gasteiger charge is 2.38. The zero-order chi connectivity index (χ0) is 23.6. The molecule has 8 nitrogen and oxygen atoms in total. The summed E-state index contributed by atoms with van der Waals surface area (Å²) in [6.45, 7) is 7.15. The number of aliphatic hydroxyl groups excluding tert-OH is 1. The topological polar surface area (TPSA) is 104 Å². The molecule has 1 heterocycles. The summed E-state index contributed by atoms with van der Waals surface area (Å²) < 4.78 is 59.2. The van der Waals surface area contributed by atoms with Gasteiger partial charge < -0.3 is 9.84 Å². The number of nitrogens with zero attached hydrogens (tertiary/aromatic N) is 2. The van der Waals surface area contributed by atoms with Crippen LogP contribution in [0.4, 0.5) is 0 Å². The van der Waals surface area contributed by atoms with Crippen molar-refractivity contribution in [1.82, 2.24) is 8.61 Å². The molecular formula is C21H32N2O6S2. The third-order valence-electron chi connectivity index (χ3n) is 5.18. The molecule has 2 rings (SSSR count). The van der Waals surface area contributed by atoms with Crippen molar-refractivity contribution < 1.29 is 26.7 Å². The minimum atomic E-state index is -3.95. The molecule has 1 N–H and O–H groups in total. The predicted octanol–water partition coefficient (Wildman–Crippen LogP) is 1.35. The molecule has 1 aromatic carbocycles. The number of sulfonamides is 2. The third kappa shape index (κ3) is 6.20. The molecule has 0 radical (unpaired) electrons. The molecule has 0 saturated heterocycles. The number of fused-ring (bicyclic) bond motifs is 1. The fraction of sp³-hybridized carbons (Fsp3) is 0.619. The van der Waals surface area contributed by atoms with Crippen LogP contribution in [0.15, 0.2) is 23.1 Å². The first-order chi connectivity index (χ1) is 14.3. The van der Waals surface area contributed by atoms with Gasteiger partial charge in [0.25, 0.3) is 0 Å². The molecule has 3 atom stereocenters. The molecule has 0 saturated carbocycles. The summed E-state index contributed by atoms with van der Waals surface area (Å²) in [5, 5.41) is 9.66. The van der Waals surface area contributed by atoms with Gasteiger partial charge in [-0.2, -0.15) is 4.31 Å². The Bertz CT molecular complexity index is 1060. The summed E-state index contributed by atoms with van der Waals surface area (Å²) in [5.74, 6) is 5.98. The van der Waals surface area contributed by atoms with Crippen LogP contribution in [-0.4, -0.2) is 75.7 Å². The van der Waals surface area contributed by atoms with E-state index in [1.165, 1.54) is 21.7 Å². The van der Waals surface area contributed by atoms with Gasteiger partial charge in [0.2, 0.25) is 20.0 Å². The van der Waals surface area contributed by atoms with Gasteiger partial charge in [-0.25, -0.2) is 21.1 Å². The second-order valence-electron chi connectivity index (χ2n) is 8.37. The van der Waals surface area contributed by atoms with Crippen LogP contribution in [0.3, 0.4) is 0 Å². The number of aliphatic hydroxyl groups is 1. The second-order valence-corrected chi connectivity index (χ2v) is 12.3. The number of hydrogen-bond donors (Lipinski definition) is 1. The van der Waals surface area contributed by atoms with Crippen molar-refractivity contribution in [2.75, 3.05) is 33.0 Å². The molecule has 0 amide bonds. The second kappa shape index (κ2) is 9.88. The van der Waals surface area contributed by atoms with E-state index in [1.807, 2.05) is 13.8 Å². The summed E-state index contributed by atoms with van der Waals surface area (Å²) in [5.41, 5.74) is 0.604. The summed E-state index contributed by atoms with van der Waals surface area (Å²) in [6, 6.07) is 4.02. The average Bonchev–Trinajstić information content (AvgIpc) is 2.67. The Hall–Kier alpha value is -1.64. The van der Waals surface area contributed by atoms with Gasteiger partial charge >= 0.3 is 0 Å².